The Bertz CT molecular complexity index is 435. The normalized spacial score (nSPS) is 12.8. The van der Waals surface area contributed by atoms with E-state index < -0.39 is 0 Å². The summed E-state index contributed by atoms with van der Waals surface area (Å²) in [6.45, 7) is 10.6. The Morgan fingerprint density at radius 1 is 1.30 bits per heavy atom. The van der Waals surface area contributed by atoms with Crippen LogP contribution in [0.5, 0.6) is 5.75 Å². The van der Waals surface area contributed by atoms with Gasteiger partial charge in [-0.25, -0.2) is 0 Å². The minimum atomic E-state index is -0.0605. The molecule has 0 aliphatic carbocycles. The van der Waals surface area contributed by atoms with E-state index in [-0.39, 0.29) is 24.0 Å². The Morgan fingerprint density at radius 2 is 1.95 bits per heavy atom. The number of carbonyl (C=O) groups excluding carboxylic acids is 1. The maximum absolute atomic E-state index is 11.8. The van der Waals surface area contributed by atoms with Gasteiger partial charge in [0, 0.05) is 6.04 Å². The predicted octanol–water partition coefficient (Wildman–Crippen LogP) is 3.67. The summed E-state index contributed by atoms with van der Waals surface area (Å²) in [5.41, 5.74) is 1.12. The van der Waals surface area contributed by atoms with E-state index in [0.717, 1.165) is 24.2 Å². The third kappa shape index (κ3) is 5.24. The lowest BCUT2D eigenvalue weighted by atomic mass is 9.86. The molecule has 0 heterocycles. The van der Waals surface area contributed by atoms with Gasteiger partial charge in [-0.2, -0.15) is 0 Å². The van der Waals surface area contributed by atoms with E-state index in [9.17, 15) is 4.79 Å². The van der Waals surface area contributed by atoms with Crippen LogP contribution in [0.3, 0.4) is 0 Å². The summed E-state index contributed by atoms with van der Waals surface area (Å²) in [7, 11) is 0. The average molecular weight is 277 g/mol. The van der Waals surface area contributed by atoms with Gasteiger partial charge in [0.05, 0.1) is 0 Å². The van der Waals surface area contributed by atoms with Gasteiger partial charge < -0.3 is 10.1 Å². The van der Waals surface area contributed by atoms with Crippen molar-refractivity contribution in [2.45, 2.75) is 58.9 Å². The Kier molecular flexibility index (Phi) is 6.05. The van der Waals surface area contributed by atoms with Crippen molar-refractivity contribution in [1.29, 1.82) is 0 Å². The van der Waals surface area contributed by atoms with Gasteiger partial charge in [0.25, 0.3) is 5.91 Å². The standard InChI is InChI=1S/C17H27NO2/c1-6-9-13(2)18-16(19)12-20-15-11-8-7-10-14(15)17(3,4)5/h7-8,10-11,13H,6,9,12H2,1-5H3,(H,18,19)/t13-/m1/s1. The van der Waals surface area contributed by atoms with Crippen molar-refractivity contribution < 1.29 is 9.53 Å². The van der Waals surface area contributed by atoms with E-state index in [4.69, 9.17) is 4.74 Å². The number of carbonyl (C=O) groups is 1. The molecular formula is C17H27NO2. The maximum atomic E-state index is 11.8. The maximum Gasteiger partial charge on any atom is 0.258 e. The number of ether oxygens (including phenoxy) is 1. The molecule has 1 aromatic rings. The molecule has 1 aromatic carbocycles. The fraction of sp³-hybridized carbons (Fsp3) is 0.588. The lowest BCUT2D eigenvalue weighted by molar-refractivity contribution is -0.123. The van der Waals surface area contributed by atoms with E-state index in [1.807, 2.05) is 31.2 Å². The second kappa shape index (κ2) is 7.32. The lowest BCUT2D eigenvalue weighted by Crippen LogP contribution is -2.36. The summed E-state index contributed by atoms with van der Waals surface area (Å²) in [6, 6.07) is 8.10. The van der Waals surface area contributed by atoms with Crippen LogP contribution in [0, 0.1) is 0 Å². The minimum absolute atomic E-state index is 0.00255. The molecule has 0 spiro atoms. The molecule has 1 atom stereocenters. The highest BCUT2D eigenvalue weighted by molar-refractivity contribution is 5.77. The predicted molar refractivity (Wildman–Crippen MR) is 83.1 cm³/mol. The third-order valence-electron chi connectivity index (χ3n) is 3.18. The van der Waals surface area contributed by atoms with Gasteiger partial charge in [-0.05, 0) is 30.4 Å². The monoisotopic (exact) mass is 277 g/mol. The molecule has 1 N–H and O–H groups in total. The zero-order valence-corrected chi connectivity index (χ0v) is 13.3. The van der Waals surface area contributed by atoms with Gasteiger partial charge in [0.1, 0.15) is 5.75 Å². The molecule has 0 aliphatic rings. The molecule has 0 unspecified atom stereocenters. The van der Waals surface area contributed by atoms with Crippen LogP contribution in [0.2, 0.25) is 0 Å². The molecule has 0 fully saturated rings. The molecular weight excluding hydrogens is 250 g/mol. The van der Waals surface area contributed by atoms with Crippen molar-refractivity contribution in [1.82, 2.24) is 5.32 Å². The number of hydrogen-bond donors (Lipinski definition) is 1. The van der Waals surface area contributed by atoms with Crippen LogP contribution in [-0.2, 0) is 10.2 Å². The molecule has 0 aliphatic heterocycles. The highest BCUT2D eigenvalue weighted by Gasteiger charge is 2.19. The first kappa shape index (κ1) is 16.5. The molecule has 3 nitrogen and oxygen atoms in total. The first-order valence-corrected chi connectivity index (χ1v) is 7.36. The fourth-order valence-corrected chi connectivity index (χ4v) is 2.18. The molecule has 0 saturated heterocycles. The van der Waals surface area contributed by atoms with Crippen molar-refractivity contribution in [3.63, 3.8) is 0 Å². The van der Waals surface area contributed by atoms with Crippen LogP contribution < -0.4 is 10.1 Å². The summed E-state index contributed by atoms with van der Waals surface area (Å²) >= 11 is 0. The third-order valence-corrected chi connectivity index (χ3v) is 3.18. The summed E-state index contributed by atoms with van der Waals surface area (Å²) in [4.78, 5) is 11.8. The van der Waals surface area contributed by atoms with Crippen LogP contribution in [0.25, 0.3) is 0 Å². The van der Waals surface area contributed by atoms with Gasteiger partial charge in [-0.1, -0.05) is 52.3 Å². The zero-order valence-electron chi connectivity index (χ0n) is 13.3. The molecule has 20 heavy (non-hydrogen) atoms. The second-order valence-electron chi connectivity index (χ2n) is 6.29. The number of benzene rings is 1. The highest BCUT2D eigenvalue weighted by atomic mass is 16.5. The number of nitrogens with one attached hydrogen (secondary N) is 1. The first-order valence-electron chi connectivity index (χ1n) is 7.36. The lowest BCUT2D eigenvalue weighted by Gasteiger charge is -2.22. The number of amides is 1. The van der Waals surface area contributed by atoms with E-state index in [2.05, 4.69) is 33.0 Å². The smallest absolute Gasteiger partial charge is 0.258 e. The molecule has 3 heteroatoms. The molecule has 1 rings (SSSR count). The van der Waals surface area contributed by atoms with Crippen LogP contribution in [0.1, 0.15) is 53.0 Å². The van der Waals surface area contributed by atoms with Crippen molar-refractivity contribution >= 4 is 5.91 Å². The Morgan fingerprint density at radius 3 is 2.55 bits per heavy atom. The van der Waals surface area contributed by atoms with Crippen LogP contribution >= 0.6 is 0 Å². The number of para-hydroxylation sites is 1. The minimum Gasteiger partial charge on any atom is -0.483 e. The van der Waals surface area contributed by atoms with Gasteiger partial charge in [0.2, 0.25) is 0 Å². The largest absolute Gasteiger partial charge is 0.483 e. The summed E-state index contributed by atoms with van der Waals surface area (Å²) in [6.07, 6.45) is 2.06. The second-order valence-corrected chi connectivity index (χ2v) is 6.29. The topological polar surface area (TPSA) is 38.3 Å². The molecule has 0 saturated carbocycles. The van der Waals surface area contributed by atoms with Crippen molar-refractivity contribution in [2.24, 2.45) is 0 Å². The van der Waals surface area contributed by atoms with E-state index in [1.54, 1.807) is 0 Å². The van der Waals surface area contributed by atoms with Gasteiger partial charge in [0.15, 0.2) is 6.61 Å². The van der Waals surface area contributed by atoms with Gasteiger partial charge >= 0.3 is 0 Å². The summed E-state index contributed by atoms with van der Waals surface area (Å²) in [5.74, 6) is 0.730. The van der Waals surface area contributed by atoms with Crippen LogP contribution in [-0.4, -0.2) is 18.6 Å². The number of hydrogen-bond acceptors (Lipinski definition) is 2. The molecule has 1 amide bonds. The van der Waals surface area contributed by atoms with E-state index in [1.165, 1.54) is 0 Å². The summed E-state index contributed by atoms with van der Waals surface area (Å²) < 4.78 is 5.69. The highest BCUT2D eigenvalue weighted by Crippen LogP contribution is 2.30. The molecule has 0 radical (unpaired) electrons. The average Bonchev–Trinajstić information content (AvgIpc) is 2.36. The molecule has 112 valence electrons. The van der Waals surface area contributed by atoms with Crippen LogP contribution in [0.4, 0.5) is 0 Å². The Balaban J connectivity index is 2.60. The van der Waals surface area contributed by atoms with Gasteiger partial charge in [-0.3, -0.25) is 4.79 Å². The van der Waals surface area contributed by atoms with Crippen molar-refractivity contribution in [3.05, 3.63) is 29.8 Å². The SMILES string of the molecule is CCC[C@@H](C)NC(=O)COc1ccccc1C(C)(C)C. The summed E-state index contributed by atoms with van der Waals surface area (Å²) in [5, 5.41) is 2.95. The number of rotatable bonds is 6. The van der Waals surface area contributed by atoms with Crippen molar-refractivity contribution in [3.8, 4) is 5.75 Å². The Labute approximate surface area is 122 Å². The quantitative estimate of drug-likeness (QED) is 0.861. The fourth-order valence-electron chi connectivity index (χ4n) is 2.18. The first-order chi connectivity index (χ1) is 9.34. The van der Waals surface area contributed by atoms with Crippen molar-refractivity contribution in [2.75, 3.05) is 6.61 Å². The molecule has 0 bridgehead atoms. The van der Waals surface area contributed by atoms with Gasteiger partial charge in [-0.15, -0.1) is 0 Å². The molecule has 0 aromatic heterocycles. The Hall–Kier alpha value is -1.51. The van der Waals surface area contributed by atoms with E-state index >= 15 is 0 Å². The zero-order chi connectivity index (χ0) is 15.2. The van der Waals surface area contributed by atoms with E-state index in [0.29, 0.717) is 0 Å². The van der Waals surface area contributed by atoms with Crippen LogP contribution in [0.15, 0.2) is 24.3 Å².